The number of aromatic nitrogens is 2. The van der Waals surface area contributed by atoms with Crippen LogP contribution in [0.4, 0.5) is 5.82 Å². The highest BCUT2D eigenvalue weighted by Crippen LogP contribution is 2.18. The van der Waals surface area contributed by atoms with Crippen molar-refractivity contribution in [2.45, 2.75) is 20.1 Å². The topological polar surface area (TPSA) is 67.3 Å². The van der Waals surface area contributed by atoms with Crippen molar-refractivity contribution < 1.29 is 9.84 Å². The van der Waals surface area contributed by atoms with Crippen molar-refractivity contribution in [2.24, 2.45) is 0 Å². The molecule has 0 bridgehead atoms. The molecule has 2 rings (SSSR count). The highest BCUT2D eigenvalue weighted by molar-refractivity contribution is 6.29. The number of aromatic hydroxyl groups is 1. The summed E-state index contributed by atoms with van der Waals surface area (Å²) in [5, 5.41) is 13.2. The second-order valence-corrected chi connectivity index (χ2v) is 4.50. The molecule has 0 aliphatic carbocycles. The summed E-state index contributed by atoms with van der Waals surface area (Å²) in [6.45, 7) is 3.27. The Bertz CT molecular complexity index is 578. The molecule has 0 saturated heterocycles. The van der Waals surface area contributed by atoms with E-state index in [4.69, 9.17) is 16.3 Å². The molecule has 5 nitrogen and oxygen atoms in total. The molecule has 0 aliphatic rings. The van der Waals surface area contributed by atoms with Crippen LogP contribution in [0.25, 0.3) is 0 Å². The Balaban J connectivity index is 2.05. The minimum absolute atomic E-state index is 0.245. The zero-order valence-corrected chi connectivity index (χ0v) is 11.9. The van der Waals surface area contributed by atoms with Crippen LogP contribution in [0.3, 0.4) is 0 Å². The van der Waals surface area contributed by atoms with Gasteiger partial charge in [0.2, 0.25) is 0 Å². The molecule has 0 fully saturated rings. The van der Waals surface area contributed by atoms with Gasteiger partial charge in [-0.25, -0.2) is 9.97 Å². The van der Waals surface area contributed by atoms with Gasteiger partial charge in [0.25, 0.3) is 0 Å². The maximum atomic E-state index is 9.70. The molecule has 2 aromatic rings. The van der Waals surface area contributed by atoms with Gasteiger partial charge >= 0.3 is 0 Å². The Hall–Kier alpha value is -1.85. The molecule has 1 aromatic heterocycles. The van der Waals surface area contributed by atoms with E-state index in [0.717, 1.165) is 5.56 Å². The van der Waals surface area contributed by atoms with Crippen LogP contribution >= 0.6 is 11.6 Å². The third-order valence-corrected chi connectivity index (χ3v) is 2.82. The lowest BCUT2D eigenvalue weighted by Crippen LogP contribution is -2.06. The Morgan fingerprint density at radius 3 is 2.85 bits per heavy atom. The molecule has 0 saturated carbocycles. The molecule has 1 heterocycles. The minimum atomic E-state index is 0.245. The van der Waals surface area contributed by atoms with Gasteiger partial charge < -0.3 is 15.2 Å². The van der Waals surface area contributed by atoms with Crippen molar-refractivity contribution in [3.05, 3.63) is 46.9 Å². The third kappa shape index (κ3) is 4.08. The van der Waals surface area contributed by atoms with Gasteiger partial charge in [-0.15, -0.1) is 0 Å². The van der Waals surface area contributed by atoms with Gasteiger partial charge in [0, 0.05) is 24.8 Å². The summed E-state index contributed by atoms with van der Waals surface area (Å²) in [5.74, 6) is 1.37. The lowest BCUT2D eigenvalue weighted by atomic mass is 10.2. The first kappa shape index (κ1) is 14.6. The molecule has 0 radical (unpaired) electrons. The maximum Gasteiger partial charge on any atom is 0.158 e. The van der Waals surface area contributed by atoms with Crippen molar-refractivity contribution >= 4 is 17.4 Å². The zero-order chi connectivity index (χ0) is 14.4. The quantitative estimate of drug-likeness (QED) is 0.802. The lowest BCUT2D eigenvalue weighted by Gasteiger charge is -2.09. The maximum absolute atomic E-state index is 9.70. The predicted molar refractivity (Wildman–Crippen MR) is 77.8 cm³/mol. The summed E-state index contributed by atoms with van der Waals surface area (Å²) in [4.78, 5) is 8.39. The van der Waals surface area contributed by atoms with E-state index in [9.17, 15) is 5.11 Å². The first-order chi connectivity index (χ1) is 9.69. The summed E-state index contributed by atoms with van der Waals surface area (Å²) < 4.78 is 5.26. The Morgan fingerprint density at radius 1 is 1.30 bits per heavy atom. The fourth-order valence-electron chi connectivity index (χ4n) is 1.66. The Kier molecular flexibility index (Phi) is 5.15. The van der Waals surface area contributed by atoms with Crippen LogP contribution in [-0.4, -0.2) is 21.7 Å². The number of hydrogen-bond acceptors (Lipinski definition) is 5. The van der Waals surface area contributed by atoms with E-state index in [1.807, 2.05) is 19.1 Å². The molecule has 0 atom stereocenters. The fourth-order valence-corrected chi connectivity index (χ4v) is 1.86. The first-order valence-electron chi connectivity index (χ1n) is 6.31. The number of nitrogens with zero attached hydrogens (tertiary/aromatic N) is 2. The number of phenols is 1. The Morgan fingerprint density at radius 2 is 2.10 bits per heavy atom. The standard InChI is InChI=1S/C14H16ClN3O2/c1-2-20-9-14-17-12(15)7-13(18-14)16-8-10-5-3-4-6-11(10)19/h3-7,19H,2,8-9H2,1H3,(H,16,17,18). The van der Waals surface area contributed by atoms with Crippen LogP contribution in [-0.2, 0) is 17.9 Å². The second kappa shape index (κ2) is 7.07. The molecule has 0 spiro atoms. The number of benzene rings is 1. The highest BCUT2D eigenvalue weighted by atomic mass is 35.5. The zero-order valence-electron chi connectivity index (χ0n) is 11.1. The van der Waals surface area contributed by atoms with E-state index < -0.39 is 0 Å². The molecule has 1 aromatic carbocycles. The average molecular weight is 294 g/mol. The molecule has 0 aliphatic heterocycles. The minimum Gasteiger partial charge on any atom is -0.508 e. The van der Waals surface area contributed by atoms with Gasteiger partial charge in [-0.3, -0.25) is 0 Å². The molecule has 106 valence electrons. The normalized spacial score (nSPS) is 10.5. The van der Waals surface area contributed by atoms with Gasteiger partial charge in [-0.2, -0.15) is 0 Å². The van der Waals surface area contributed by atoms with E-state index in [2.05, 4.69) is 15.3 Å². The van der Waals surface area contributed by atoms with Crippen LogP contribution in [0.1, 0.15) is 18.3 Å². The van der Waals surface area contributed by atoms with Crippen LogP contribution < -0.4 is 5.32 Å². The summed E-state index contributed by atoms with van der Waals surface area (Å²) >= 11 is 5.95. The van der Waals surface area contributed by atoms with Gasteiger partial charge in [-0.1, -0.05) is 29.8 Å². The lowest BCUT2D eigenvalue weighted by molar-refractivity contribution is 0.128. The summed E-state index contributed by atoms with van der Waals surface area (Å²) in [5.41, 5.74) is 0.786. The smallest absolute Gasteiger partial charge is 0.158 e. The van der Waals surface area contributed by atoms with Crippen LogP contribution in [0.2, 0.25) is 5.15 Å². The summed E-state index contributed by atoms with van der Waals surface area (Å²) in [6, 6.07) is 8.76. The van der Waals surface area contributed by atoms with Crippen LogP contribution in [0.15, 0.2) is 30.3 Å². The van der Waals surface area contributed by atoms with E-state index in [0.29, 0.717) is 36.6 Å². The SMILES string of the molecule is CCOCc1nc(Cl)cc(NCc2ccccc2O)n1. The number of hydrogen-bond donors (Lipinski definition) is 2. The highest BCUT2D eigenvalue weighted by Gasteiger charge is 2.05. The molecular formula is C14H16ClN3O2. The summed E-state index contributed by atoms with van der Waals surface area (Å²) in [7, 11) is 0. The molecule has 6 heteroatoms. The number of anilines is 1. The first-order valence-corrected chi connectivity index (χ1v) is 6.68. The van der Waals surface area contributed by atoms with Crippen LogP contribution in [0.5, 0.6) is 5.75 Å². The third-order valence-electron chi connectivity index (χ3n) is 2.63. The van der Waals surface area contributed by atoms with Crippen molar-refractivity contribution in [1.82, 2.24) is 9.97 Å². The molecule has 0 unspecified atom stereocenters. The largest absolute Gasteiger partial charge is 0.508 e. The van der Waals surface area contributed by atoms with E-state index in [1.54, 1.807) is 18.2 Å². The Labute approximate surface area is 122 Å². The molecule has 0 amide bonds. The van der Waals surface area contributed by atoms with E-state index in [-0.39, 0.29) is 5.75 Å². The number of nitrogens with one attached hydrogen (secondary N) is 1. The second-order valence-electron chi connectivity index (χ2n) is 4.11. The van der Waals surface area contributed by atoms with Gasteiger partial charge in [0.15, 0.2) is 5.82 Å². The van der Waals surface area contributed by atoms with Gasteiger partial charge in [-0.05, 0) is 13.0 Å². The predicted octanol–water partition coefficient (Wildman–Crippen LogP) is 2.98. The molecule has 2 N–H and O–H groups in total. The summed E-state index contributed by atoms with van der Waals surface area (Å²) in [6.07, 6.45) is 0. The molecule has 20 heavy (non-hydrogen) atoms. The van der Waals surface area contributed by atoms with Gasteiger partial charge in [0.05, 0.1) is 0 Å². The van der Waals surface area contributed by atoms with Crippen molar-refractivity contribution in [3.8, 4) is 5.75 Å². The van der Waals surface area contributed by atoms with E-state index in [1.165, 1.54) is 0 Å². The average Bonchev–Trinajstić information content (AvgIpc) is 2.44. The van der Waals surface area contributed by atoms with E-state index >= 15 is 0 Å². The molecular weight excluding hydrogens is 278 g/mol. The van der Waals surface area contributed by atoms with Gasteiger partial charge in [0.1, 0.15) is 23.3 Å². The van der Waals surface area contributed by atoms with Crippen molar-refractivity contribution in [3.63, 3.8) is 0 Å². The number of para-hydroxylation sites is 1. The number of halogens is 1. The number of ether oxygens (including phenoxy) is 1. The van der Waals surface area contributed by atoms with Crippen molar-refractivity contribution in [2.75, 3.05) is 11.9 Å². The monoisotopic (exact) mass is 293 g/mol. The van der Waals surface area contributed by atoms with Crippen LogP contribution in [0, 0.1) is 0 Å². The fraction of sp³-hybridized carbons (Fsp3) is 0.286. The van der Waals surface area contributed by atoms with Crippen molar-refractivity contribution in [1.29, 1.82) is 0 Å². The number of rotatable bonds is 6. The number of phenolic OH excluding ortho intramolecular Hbond substituents is 1.